The zero-order valence-electron chi connectivity index (χ0n) is 14.8. The lowest BCUT2D eigenvalue weighted by Gasteiger charge is -2.33. The standard InChI is InChI=1S/C18H24N2O3S2/c1-13-10-16(17(21)11-14(13)2)12-19-6-8-20(9-7-19)25(22,23)18-5-4-15(3)24-18/h4-5,10-11,21H,6-9,12H2,1-3H3. The Kier molecular flexibility index (Phi) is 5.20. The van der Waals surface area contributed by atoms with Gasteiger partial charge >= 0.3 is 0 Å². The van der Waals surface area contributed by atoms with Crippen molar-refractivity contribution < 1.29 is 13.5 Å². The van der Waals surface area contributed by atoms with E-state index >= 15 is 0 Å². The topological polar surface area (TPSA) is 60.9 Å². The fraction of sp³-hybridized carbons (Fsp3) is 0.444. The Bertz CT molecular complexity index is 866. The minimum absolute atomic E-state index is 0.312. The van der Waals surface area contributed by atoms with Crippen LogP contribution in [0.3, 0.4) is 0 Å². The van der Waals surface area contributed by atoms with E-state index in [1.807, 2.05) is 32.9 Å². The van der Waals surface area contributed by atoms with Crippen molar-refractivity contribution in [2.75, 3.05) is 26.2 Å². The van der Waals surface area contributed by atoms with E-state index in [2.05, 4.69) is 4.90 Å². The van der Waals surface area contributed by atoms with Crippen LogP contribution in [0.5, 0.6) is 5.75 Å². The summed E-state index contributed by atoms with van der Waals surface area (Å²) in [6.45, 7) is 8.85. The van der Waals surface area contributed by atoms with Gasteiger partial charge in [-0.15, -0.1) is 11.3 Å². The van der Waals surface area contributed by atoms with Gasteiger partial charge in [0, 0.05) is 43.2 Å². The number of nitrogens with zero attached hydrogens (tertiary/aromatic N) is 2. The highest BCUT2D eigenvalue weighted by Gasteiger charge is 2.29. The van der Waals surface area contributed by atoms with Crippen molar-refractivity contribution in [3.05, 3.63) is 45.8 Å². The Morgan fingerprint density at radius 1 is 1.04 bits per heavy atom. The number of piperazine rings is 1. The molecule has 136 valence electrons. The summed E-state index contributed by atoms with van der Waals surface area (Å²) >= 11 is 1.32. The predicted molar refractivity (Wildman–Crippen MR) is 101 cm³/mol. The third kappa shape index (κ3) is 3.89. The van der Waals surface area contributed by atoms with Crippen LogP contribution in [-0.2, 0) is 16.6 Å². The number of phenols is 1. The minimum Gasteiger partial charge on any atom is -0.508 e. The molecule has 0 saturated carbocycles. The minimum atomic E-state index is -3.38. The molecule has 2 aromatic rings. The molecule has 1 N–H and O–H groups in total. The molecular weight excluding hydrogens is 356 g/mol. The maximum Gasteiger partial charge on any atom is 0.252 e. The first kappa shape index (κ1) is 18.4. The first-order chi connectivity index (χ1) is 11.8. The number of hydrogen-bond donors (Lipinski definition) is 1. The SMILES string of the molecule is Cc1ccc(S(=O)(=O)N2CCN(Cc3cc(C)c(C)cc3O)CC2)s1. The van der Waals surface area contributed by atoms with Crippen LogP contribution in [-0.4, -0.2) is 48.9 Å². The fourth-order valence-corrected chi connectivity index (χ4v) is 5.89. The molecule has 25 heavy (non-hydrogen) atoms. The lowest BCUT2D eigenvalue weighted by Crippen LogP contribution is -2.48. The van der Waals surface area contributed by atoms with E-state index in [0.29, 0.717) is 42.7 Å². The van der Waals surface area contributed by atoms with E-state index in [-0.39, 0.29) is 0 Å². The molecule has 1 aliphatic rings. The van der Waals surface area contributed by atoms with Crippen LogP contribution >= 0.6 is 11.3 Å². The van der Waals surface area contributed by atoms with Crippen molar-refractivity contribution >= 4 is 21.4 Å². The first-order valence-electron chi connectivity index (χ1n) is 8.35. The number of hydrogen-bond acceptors (Lipinski definition) is 5. The zero-order valence-corrected chi connectivity index (χ0v) is 16.5. The average molecular weight is 381 g/mol. The molecule has 3 rings (SSSR count). The van der Waals surface area contributed by atoms with Crippen LogP contribution in [0.25, 0.3) is 0 Å². The van der Waals surface area contributed by atoms with E-state index in [4.69, 9.17) is 0 Å². The maximum absolute atomic E-state index is 12.7. The normalized spacial score (nSPS) is 17.1. The zero-order chi connectivity index (χ0) is 18.2. The number of rotatable bonds is 4. The molecule has 0 aliphatic carbocycles. The van der Waals surface area contributed by atoms with Crippen LogP contribution in [0.1, 0.15) is 21.6 Å². The summed E-state index contributed by atoms with van der Waals surface area (Å²) < 4.78 is 27.3. The molecule has 1 aromatic heterocycles. The van der Waals surface area contributed by atoms with Crippen molar-refractivity contribution in [1.29, 1.82) is 0 Å². The molecule has 0 radical (unpaired) electrons. The third-order valence-corrected chi connectivity index (χ3v) is 8.10. The Morgan fingerprint density at radius 2 is 1.68 bits per heavy atom. The van der Waals surface area contributed by atoms with Crippen molar-refractivity contribution in [3.8, 4) is 5.75 Å². The fourth-order valence-electron chi connectivity index (χ4n) is 3.03. The van der Waals surface area contributed by atoms with Crippen LogP contribution in [0.15, 0.2) is 28.5 Å². The van der Waals surface area contributed by atoms with Crippen molar-refractivity contribution in [2.24, 2.45) is 0 Å². The molecule has 0 atom stereocenters. The van der Waals surface area contributed by atoms with E-state index < -0.39 is 10.0 Å². The van der Waals surface area contributed by atoms with E-state index in [1.54, 1.807) is 16.4 Å². The first-order valence-corrected chi connectivity index (χ1v) is 10.6. The van der Waals surface area contributed by atoms with Gasteiger partial charge in [-0.05, 0) is 50.1 Å². The molecule has 0 amide bonds. The van der Waals surface area contributed by atoms with Crippen LogP contribution in [0.4, 0.5) is 0 Å². The summed E-state index contributed by atoms with van der Waals surface area (Å²) in [5.41, 5.74) is 3.12. The second kappa shape index (κ2) is 7.07. The van der Waals surface area contributed by atoms with Gasteiger partial charge in [-0.2, -0.15) is 4.31 Å². The predicted octanol–water partition coefficient (Wildman–Crippen LogP) is 2.89. The van der Waals surface area contributed by atoms with Gasteiger partial charge in [0.1, 0.15) is 9.96 Å². The summed E-state index contributed by atoms with van der Waals surface area (Å²) in [6, 6.07) is 7.35. The molecule has 0 bridgehead atoms. The van der Waals surface area contributed by atoms with Crippen molar-refractivity contribution in [1.82, 2.24) is 9.21 Å². The van der Waals surface area contributed by atoms with Gasteiger partial charge in [0.2, 0.25) is 0 Å². The maximum atomic E-state index is 12.7. The highest BCUT2D eigenvalue weighted by atomic mass is 32.2. The van der Waals surface area contributed by atoms with Gasteiger partial charge in [-0.25, -0.2) is 8.42 Å². The molecule has 5 nitrogen and oxygen atoms in total. The van der Waals surface area contributed by atoms with E-state index in [0.717, 1.165) is 21.6 Å². The number of aromatic hydroxyl groups is 1. The van der Waals surface area contributed by atoms with Gasteiger partial charge in [0.25, 0.3) is 10.0 Å². The molecule has 1 aliphatic heterocycles. The molecule has 1 fully saturated rings. The largest absolute Gasteiger partial charge is 0.508 e. The van der Waals surface area contributed by atoms with Gasteiger partial charge < -0.3 is 5.11 Å². The quantitative estimate of drug-likeness (QED) is 0.886. The molecule has 0 spiro atoms. The third-order valence-electron chi connectivity index (χ3n) is 4.73. The van der Waals surface area contributed by atoms with E-state index in [1.165, 1.54) is 11.3 Å². The Hall–Kier alpha value is -1.41. The highest BCUT2D eigenvalue weighted by Crippen LogP contribution is 2.27. The molecule has 2 heterocycles. The molecular formula is C18H24N2O3S2. The monoisotopic (exact) mass is 380 g/mol. The summed E-state index contributed by atoms with van der Waals surface area (Å²) in [6.07, 6.45) is 0. The number of phenolic OH excluding ortho intramolecular Hbond substituents is 1. The lowest BCUT2D eigenvalue weighted by molar-refractivity contribution is 0.180. The van der Waals surface area contributed by atoms with Crippen molar-refractivity contribution in [2.45, 2.75) is 31.5 Å². The van der Waals surface area contributed by atoms with Crippen LogP contribution in [0.2, 0.25) is 0 Å². The number of aryl methyl sites for hydroxylation is 3. The van der Waals surface area contributed by atoms with Crippen LogP contribution < -0.4 is 0 Å². The summed E-state index contributed by atoms with van der Waals surface area (Å²) in [5, 5.41) is 10.1. The second-order valence-electron chi connectivity index (χ2n) is 6.61. The van der Waals surface area contributed by atoms with Crippen molar-refractivity contribution in [3.63, 3.8) is 0 Å². The number of benzene rings is 1. The number of sulfonamides is 1. The molecule has 7 heteroatoms. The molecule has 1 saturated heterocycles. The second-order valence-corrected chi connectivity index (χ2v) is 10.1. The molecule has 0 unspecified atom stereocenters. The van der Waals surface area contributed by atoms with Gasteiger partial charge in [0.15, 0.2) is 0 Å². The smallest absolute Gasteiger partial charge is 0.252 e. The van der Waals surface area contributed by atoms with E-state index in [9.17, 15) is 13.5 Å². The summed E-state index contributed by atoms with van der Waals surface area (Å²) in [5.74, 6) is 0.312. The van der Waals surface area contributed by atoms with Gasteiger partial charge in [-0.1, -0.05) is 6.07 Å². The summed E-state index contributed by atoms with van der Waals surface area (Å²) in [4.78, 5) is 3.19. The summed E-state index contributed by atoms with van der Waals surface area (Å²) in [7, 11) is -3.38. The van der Waals surface area contributed by atoms with Gasteiger partial charge in [-0.3, -0.25) is 4.90 Å². The van der Waals surface area contributed by atoms with Crippen LogP contribution in [0, 0.1) is 20.8 Å². The highest BCUT2D eigenvalue weighted by molar-refractivity contribution is 7.91. The van der Waals surface area contributed by atoms with Gasteiger partial charge in [0.05, 0.1) is 0 Å². The Labute approximate surface area is 153 Å². The molecule has 1 aromatic carbocycles. The Balaban J connectivity index is 1.65. The number of thiophene rings is 1. The Morgan fingerprint density at radius 3 is 2.28 bits per heavy atom. The lowest BCUT2D eigenvalue weighted by atomic mass is 10.0. The average Bonchev–Trinajstić information content (AvgIpc) is 3.00.